The topological polar surface area (TPSA) is 38.1 Å². The first-order valence-electron chi connectivity index (χ1n) is 5.82. The molecule has 3 aromatic rings. The van der Waals surface area contributed by atoms with Crippen LogP contribution in [0.2, 0.25) is 0 Å². The number of para-hydroxylation sites is 1. The molecule has 0 radical (unpaired) electrons. The molecule has 0 bridgehead atoms. The van der Waals surface area contributed by atoms with Crippen molar-refractivity contribution < 1.29 is 9.50 Å². The van der Waals surface area contributed by atoms with E-state index in [1.54, 1.807) is 41.4 Å². The number of aromatic nitrogens is 2. The van der Waals surface area contributed by atoms with Gasteiger partial charge in [0.25, 0.3) is 0 Å². The Bertz CT molecular complexity index is 704. The molecule has 0 spiro atoms. The maximum atomic E-state index is 13.0. The summed E-state index contributed by atoms with van der Waals surface area (Å²) in [7, 11) is 0. The van der Waals surface area contributed by atoms with Crippen molar-refractivity contribution >= 4 is 0 Å². The molecule has 0 atom stereocenters. The molecule has 0 fully saturated rings. The van der Waals surface area contributed by atoms with Gasteiger partial charge in [0.1, 0.15) is 11.6 Å². The average Bonchev–Trinajstić information content (AvgIpc) is 2.89. The van der Waals surface area contributed by atoms with E-state index in [1.807, 2.05) is 12.1 Å². The average molecular weight is 254 g/mol. The molecule has 3 rings (SSSR count). The van der Waals surface area contributed by atoms with Gasteiger partial charge in [-0.25, -0.2) is 9.37 Å². The highest BCUT2D eigenvalue weighted by Gasteiger charge is 2.10. The highest BCUT2D eigenvalue weighted by atomic mass is 19.1. The lowest BCUT2D eigenvalue weighted by Crippen LogP contribution is -1.95. The van der Waals surface area contributed by atoms with Gasteiger partial charge in [0, 0.05) is 11.3 Å². The van der Waals surface area contributed by atoms with Crippen molar-refractivity contribution in [3.63, 3.8) is 0 Å². The molecule has 94 valence electrons. The summed E-state index contributed by atoms with van der Waals surface area (Å²) >= 11 is 0. The lowest BCUT2D eigenvalue weighted by atomic mass is 10.1. The van der Waals surface area contributed by atoms with Gasteiger partial charge in [-0.05, 0) is 36.4 Å². The summed E-state index contributed by atoms with van der Waals surface area (Å²) in [5.41, 5.74) is 2.23. The van der Waals surface area contributed by atoms with Crippen LogP contribution in [0, 0.1) is 5.82 Å². The molecule has 0 aliphatic heterocycles. The number of phenols is 1. The van der Waals surface area contributed by atoms with Crippen LogP contribution >= 0.6 is 0 Å². The van der Waals surface area contributed by atoms with Crippen molar-refractivity contribution in [1.29, 1.82) is 0 Å². The van der Waals surface area contributed by atoms with Crippen molar-refractivity contribution in [2.45, 2.75) is 0 Å². The third-order valence-electron chi connectivity index (χ3n) is 2.92. The molecule has 0 saturated carbocycles. The normalized spacial score (nSPS) is 10.6. The maximum Gasteiger partial charge on any atom is 0.124 e. The summed E-state index contributed by atoms with van der Waals surface area (Å²) < 4.78 is 14.8. The van der Waals surface area contributed by atoms with Crippen LogP contribution in [0.4, 0.5) is 4.39 Å². The van der Waals surface area contributed by atoms with Gasteiger partial charge in [-0.15, -0.1) is 0 Å². The zero-order chi connectivity index (χ0) is 13.2. The van der Waals surface area contributed by atoms with Gasteiger partial charge in [-0.2, -0.15) is 0 Å². The predicted octanol–water partition coefficient (Wildman–Crippen LogP) is 3.38. The highest BCUT2D eigenvalue weighted by Crippen LogP contribution is 2.29. The predicted molar refractivity (Wildman–Crippen MR) is 70.6 cm³/mol. The van der Waals surface area contributed by atoms with E-state index in [4.69, 9.17) is 0 Å². The van der Waals surface area contributed by atoms with E-state index in [-0.39, 0.29) is 11.6 Å². The van der Waals surface area contributed by atoms with Crippen LogP contribution in [0.1, 0.15) is 0 Å². The minimum Gasteiger partial charge on any atom is -0.507 e. The molecule has 1 N–H and O–H groups in total. The van der Waals surface area contributed by atoms with Crippen molar-refractivity contribution in [1.82, 2.24) is 9.55 Å². The summed E-state index contributed by atoms with van der Waals surface area (Å²) in [6, 6.07) is 13.2. The molecule has 3 nitrogen and oxygen atoms in total. The Morgan fingerprint density at radius 3 is 2.47 bits per heavy atom. The zero-order valence-corrected chi connectivity index (χ0v) is 9.99. The Kier molecular flexibility index (Phi) is 2.76. The maximum absolute atomic E-state index is 13.0. The summed E-state index contributed by atoms with van der Waals surface area (Å²) in [5, 5.41) is 9.90. The third-order valence-corrected chi connectivity index (χ3v) is 2.92. The van der Waals surface area contributed by atoms with E-state index in [0.717, 1.165) is 11.4 Å². The number of hydrogen-bond donors (Lipinski definition) is 1. The first-order valence-corrected chi connectivity index (χ1v) is 5.82. The van der Waals surface area contributed by atoms with Crippen molar-refractivity contribution in [2.75, 3.05) is 0 Å². The van der Waals surface area contributed by atoms with Crippen LogP contribution < -0.4 is 0 Å². The van der Waals surface area contributed by atoms with Gasteiger partial charge < -0.3 is 5.11 Å². The standard InChI is InChI=1S/C15H11FN2O/c16-11-5-7-12(8-6-11)18-10-17-9-14(18)13-3-1-2-4-15(13)19/h1-10,19H. The lowest BCUT2D eigenvalue weighted by molar-refractivity contribution is 0.477. The molecule has 1 heterocycles. The minimum absolute atomic E-state index is 0.186. The number of nitrogens with zero attached hydrogens (tertiary/aromatic N) is 2. The van der Waals surface area contributed by atoms with Crippen LogP contribution in [0.3, 0.4) is 0 Å². The highest BCUT2D eigenvalue weighted by molar-refractivity contribution is 5.68. The second-order valence-electron chi connectivity index (χ2n) is 4.14. The van der Waals surface area contributed by atoms with E-state index >= 15 is 0 Å². The number of imidazole rings is 1. The molecule has 2 aromatic carbocycles. The van der Waals surface area contributed by atoms with E-state index in [2.05, 4.69) is 4.98 Å². The van der Waals surface area contributed by atoms with Crippen molar-refractivity contribution in [2.24, 2.45) is 0 Å². The van der Waals surface area contributed by atoms with Crippen LogP contribution in [0.25, 0.3) is 16.9 Å². The molecule has 0 amide bonds. The monoisotopic (exact) mass is 254 g/mol. The van der Waals surface area contributed by atoms with Crippen LogP contribution in [-0.4, -0.2) is 14.7 Å². The van der Waals surface area contributed by atoms with E-state index in [0.29, 0.717) is 5.56 Å². The summed E-state index contributed by atoms with van der Waals surface area (Å²) in [5.74, 6) is -0.0978. The number of benzene rings is 2. The fourth-order valence-corrected chi connectivity index (χ4v) is 1.99. The summed E-state index contributed by atoms with van der Waals surface area (Å²) in [6.07, 6.45) is 3.30. The second-order valence-corrected chi connectivity index (χ2v) is 4.14. The largest absolute Gasteiger partial charge is 0.507 e. The van der Waals surface area contributed by atoms with Gasteiger partial charge in [0.2, 0.25) is 0 Å². The minimum atomic E-state index is -0.284. The summed E-state index contributed by atoms with van der Waals surface area (Å²) in [4.78, 5) is 4.10. The molecule has 19 heavy (non-hydrogen) atoms. The van der Waals surface area contributed by atoms with Crippen LogP contribution in [-0.2, 0) is 0 Å². The van der Waals surface area contributed by atoms with Gasteiger partial charge in [0.15, 0.2) is 0 Å². The first kappa shape index (κ1) is 11.5. The number of halogens is 1. The number of rotatable bonds is 2. The van der Waals surface area contributed by atoms with Crippen molar-refractivity contribution in [3.8, 4) is 22.7 Å². The molecular formula is C15H11FN2O. The van der Waals surface area contributed by atoms with Crippen LogP contribution in [0.5, 0.6) is 5.75 Å². The van der Waals surface area contributed by atoms with Gasteiger partial charge in [-0.1, -0.05) is 12.1 Å². The Labute approximate surface area is 109 Å². The first-order chi connectivity index (χ1) is 9.25. The summed E-state index contributed by atoms with van der Waals surface area (Å²) in [6.45, 7) is 0. The zero-order valence-electron chi connectivity index (χ0n) is 9.99. The van der Waals surface area contributed by atoms with E-state index < -0.39 is 0 Å². The Morgan fingerprint density at radius 2 is 1.74 bits per heavy atom. The Hall–Kier alpha value is -2.62. The van der Waals surface area contributed by atoms with Gasteiger partial charge >= 0.3 is 0 Å². The van der Waals surface area contributed by atoms with E-state index in [1.165, 1.54) is 12.1 Å². The molecule has 4 heteroatoms. The fraction of sp³-hybridized carbons (Fsp3) is 0. The SMILES string of the molecule is Oc1ccccc1-c1cncn1-c1ccc(F)cc1. The molecule has 0 aliphatic rings. The molecule has 0 saturated heterocycles. The Balaban J connectivity index is 2.13. The van der Waals surface area contributed by atoms with E-state index in [9.17, 15) is 9.50 Å². The molecule has 0 unspecified atom stereocenters. The fourth-order valence-electron chi connectivity index (χ4n) is 1.99. The number of aromatic hydroxyl groups is 1. The lowest BCUT2D eigenvalue weighted by Gasteiger charge is -2.09. The number of phenolic OH excluding ortho intramolecular Hbond substituents is 1. The van der Waals surface area contributed by atoms with Gasteiger partial charge in [0.05, 0.1) is 18.2 Å². The third kappa shape index (κ3) is 2.08. The molecule has 1 aromatic heterocycles. The molecular weight excluding hydrogens is 243 g/mol. The van der Waals surface area contributed by atoms with Crippen LogP contribution in [0.15, 0.2) is 61.1 Å². The molecule has 0 aliphatic carbocycles. The smallest absolute Gasteiger partial charge is 0.124 e. The number of hydrogen-bond acceptors (Lipinski definition) is 2. The van der Waals surface area contributed by atoms with Gasteiger partial charge in [-0.3, -0.25) is 4.57 Å². The second kappa shape index (κ2) is 4.57. The quantitative estimate of drug-likeness (QED) is 0.761. The van der Waals surface area contributed by atoms with Crippen molar-refractivity contribution in [3.05, 3.63) is 66.9 Å². The Morgan fingerprint density at radius 1 is 1.00 bits per heavy atom.